The van der Waals surface area contributed by atoms with Gasteiger partial charge in [-0.2, -0.15) is 0 Å². The van der Waals surface area contributed by atoms with Crippen LogP contribution >= 0.6 is 0 Å². The van der Waals surface area contributed by atoms with Crippen molar-refractivity contribution in [2.24, 2.45) is 11.8 Å². The van der Waals surface area contributed by atoms with Gasteiger partial charge in [0, 0.05) is 12.5 Å². The molecule has 0 atom stereocenters. The van der Waals surface area contributed by atoms with Crippen molar-refractivity contribution in [3.8, 4) is 0 Å². The summed E-state index contributed by atoms with van der Waals surface area (Å²) in [7, 11) is 0. The van der Waals surface area contributed by atoms with Crippen LogP contribution in [-0.2, 0) is 9.53 Å². The quantitative estimate of drug-likeness (QED) is 0.746. The summed E-state index contributed by atoms with van der Waals surface area (Å²) in [6, 6.07) is 0. The molecule has 0 heterocycles. The Kier molecular flexibility index (Phi) is 5.02. The Morgan fingerprint density at radius 2 is 1.65 bits per heavy atom. The molecule has 2 nitrogen and oxygen atoms in total. The molecule has 0 saturated heterocycles. The average molecular weight is 238 g/mol. The van der Waals surface area contributed by atoms with Crippen molar-refractivity contribution in [2.75, 3.05) is 6.61 Å². The topological polar surface area (TPSA) is 26.3 Å². The predicted molar refractivity (Wildman–Crippen MR) is 69.0 cm³/mol. The average Bonchev–Trinajstić information content (AvgIpc) is 2.38. The Balaban J connectivity index is 1.62. The summed E-state index contributed by atoms with van der Waals surface area (Å²) in [4.78, 5) is 11.3. The summed E-state index contributed by atoms with van der Waals surface area (Å²) in [6.45, 7) is 2.70. The maximum atomic E-state index is 11.3. The van der Waals surface area contributed by atoms with E-state index in [1.54, 1.807) is 6.92 Å². The van der Waals surface area contributed by atoms with Gasteiger partial charge in [-0.1, -0.05) is 19.3 Å². The fraction of sp³-hybridized carbons (Fsp3) is 0.933. The van der Waals surface area contributed by atoms with Crippen molar-refractivity contribution in [3.63, 3.8) is 0 Å². The molecule has 17 heavy (non-hydrogen) atoms. The molecule has 0 amide bonds. The van der Waals surface area contributed by atoms with E-state index >= 15 is 0 Å². The molecular formula is C15H26O2. The van der Waals surface area contributed by atoms with Gasteiger partial charge >= 0.3 is 0 Å². The fourth-order valence-corrected chi connectivity index (χ4v) is 3.26. The third-order valence-electron chi connectivity index (χ3n) is 4.54. The highest BCUT2D eigenvalue weighted by atomic mass is 16.5. The lowest BCUT2D eigenvalue weighted by Crippen LogP contribution is -2.27. The molecule has 2 rings (SSSR count). The minimum atomic E-state index is 0.324. The van der Waals surface area contributed by atoms with Crippen LogP contribution in [0.25, 0.3) is 0 Å². The maximum Gasteiger partial charge on any atom is 0.132 e. The van der Waals surface area contributed by atoms with Crippen LogP contribution < -0.4 is 0 Å². The third kappa shape index (κ3) is 4.09. The second-order valence-electron chi connectivity index (χ2n) is 5.92. The number of hydrogen-bond acceptors (Lipinski definition) is 2. The van der Waals surface area contributed by atoms with Crippen molar-refractivity contribution in [2.45, 2.75) is 70.8 Å². The number of hydrogen-bond donors (Lipinski definition) is 0. The van der Waals surface area contributed by atoms with Gasteiger partial charge in [0.05, 0.1) is 6.10 Å². The highest BCUT2D eigenvalue weighted by Gasteiger charge is 2.25. The zero-order chi connectivity index (χ0) is 12.1. The first-order valence-corrected chi connectivity index (χ1v) is 7.37. The van der Waals surface area contributed by atoms with E-state index in [1.807, 2.05) is 0 Å². The molecule has 2 fully saturated rings. The summed E-state index contributed by atoms with van der Waals surface area (Å²) in [5.74, 6) is 1.51. The van der Waals surface area contributed by atoms with E-state index < -0.39 is 0 Å². The molecule has 0 radical (unpaired) electrons. The van der Waals surface area contributed by atoms with Gasteiger partial charge in [-0.05, 0) is 51.4 Å². The summed E-state index contributed by atoms with van der Waals surface area (Å²) >= 11 is 0. The molecule has 0 aromatic rings. The molecule has 0 spiro atoms. The Morgan fingerprint density at radius 1 is 1.00 bits per heavy atom. The monoisotopic (exact) mass is 238 g/mol. The molecule has 2 heteroatoms. The minimum absolute atomic E-state index is 0.324. The molecule has 2 aliphatic carbocycles. The lowest BCUT2D eigenvalue weighted by molar-refractivity contribution is -0.122. The van der Waals surface area contributed by atoms with E-state index in [9.17, 15) is 4.79 Å². The zero-order valence-electron chi connectivity index (χ0n) is 11.1. The largest absolute Gasteiger partial charge is 0.378 e. The van der Waals surface area contributed by atoms with Crippen molar-refractivity contribution < 1.29 is 9.53 Å². The SMILES string of the molecule is CC(=O)C1CCC(OCC2CCCCC2)CC1. The second-order valence-corrected chi connectivity index (χ2v) is 5.92. The van der Waals surface area contributed by atoms with Crippen LogP contribution in [0.1, 0.15) is 64.7 Å². The van der Waals surface area contributed by atoms with Gasteiger partial charge in [-0.15, -0.1) is 0 Å². The third-order valence-corrected chi connectivity index (χ3v) is 4.54. The Morgan fingerprint density at radius 3 is 2.24 bits per heavy atom. The lowest BCUT2D eigenvalue weighted by atomic mass is 9.85. The first kappa shape index (κ1) is 13.1. The van der Waals surface area contributed by atoms with Crippen LogP contribution in [0.3, 0.4) is 0 Å². The van der Waals surface area contributed by atoms with Crippen LogP contribution in [0.4, 0.5) is 0 Å². The van der Waals surface area contributed by atoms with Gasteiger partial charge in [0.1, 0.15) is 5.78 Å². The number of carbonyl (C=O) groups excluding carboxylic acids is 1. The van der Waals surface area contributed by atoms with Gasteiger partial charge in [0.25, 0.3) is 0 Å². The molecule has 98 valence electrons. The van der Waals surface area contributed by atoms with E-state index in [-0.39, 0.29) is 0 Å². The van der Waals surface area contributed by atoms with Gasteiger partial charge < -0.3 is 4.74 Å². The Hall–Kier alpha value is -0.370. The fourth-order valence-electron chi connectivity index (χ4n) is 3.26. The molecule has 0 N–H and O–H groups in total. The summed E-state index contributed by atoms with van der Waals surface area (Å²) in [5, 5.41) is 0. The van der Waals surface area contributed by atoms with Crippen LogP contribution in [-0.4, -0.2) is 18.5 Å². The van der Waals surface area contributed by atoms with Crippen LogP contribution in [0.15, 0.2) is 0 Å². The lowest BCUT2D eigenvalue weighted by Gasteiger charge is -2.29. The number of ketones is 1. The molecule has 0 aromatic heterocycles. The smallest absolute Gasteiger partial charge is 0.132 e. The van der Waals surface area contributed by atoms with E-state index in [0.29, 0.717) is 17.8 Å². The van der Waals surface area contributed by atoms with Gasteiger partial charge in [0.2, 0.25) is 0 Å². The van der Waals surface area contributed by atoms with Crippen LogP contribution in [0, 0.1) is 11.8 Å². The standard InChI is InChI=1S/C15H26O2/c1-12(16)14-7-9-15(10-8-14)17-11-13-5-3-2-4-6-13/h13-15H,2-11H2,1H3. The van der Waals surface area contributed by atoms with Crippen LogP contribution in [0.5, 0.6) is 0 Å². The van der Waals surface area contributed by atoms with Crippen molar-refractivity contribution in [1.29, 1.82) is 0 Å². The highest BCUT2D eigenvalue weighted by molar-refractivity contribution is 5.78. The first-order chi connectivity index (χ1) is 8.25. The van der Waals surface area contributed by atoms with E-state index in [0.717, 1.165) is 38.2 Å². The van der Waals surface area contributed by atoms with E-state index in [2.05, 4.69) is 0 Å². The molecule has 0 bridgehead atoms. The second kappa shape index (κ2) is 6.53. The zero-order valence-corrected chi connectivity index (χ0v) is 11.1. The summed E-state index contributed by atoms with van der Waals surface area (Å²) in [5.41, 5.74) is 0. The van der Waals surface area contributed by atoms with Crippen molar-refractivity contribution in [3.05, 3.63) is 0 Å². The minimum Gasteiger partial charge on any atom is -0.378 e. The first-order valence-electron chi connectivity index (χ1n) is 7.37. The van der Waals surface area contributed by atoms with Gasteiger partial charge in [-0.3, -0.25) is 4.79 Å². The number of ether oxygens (including phenoxy) is 1. The normalized spacial score (nSPS) is 31.4. The Labute approximate surface area is 105 Å². The summed E-state index contributed by atoms with van der Waals surface area (Å²) in [6.07, 6.45) is 11.7. The van der Waals surface area contributed by atoms with Crippen molar-refractivity contribution in [1.82, 2.24) is 0 Å². The number of Topliss-reactive ketones (excluding diaryl/α,β-unsaturated/α-hetero) is 1. The summed E-state index contributed by atoms with van der Waals surface area (Å²) < 4.78 is 6.04. The molecule has 0 unspecified atom stereocenters. The molecule has 0 aromatic carbocycles. The van der Waals surface area contributed by atoms with Gasteiger partial charge in [0.15, 0.2) is 0 Å². The number of carbonyl (C=O) groups is 1. The van der Waals surface area contributed by atoms with E-state index in [1.165, 1.54) is 32.1 Å². The van der Waals surface area contributed by atoms with E-state index in [4.69, 9.17) is 4.74 Å². The maximum absolute atomic E-state index is 11.3. The molecule has 2 saturated carbocycles. The Bertz CT molecular complexity index is 235. The van der Waals surface area contributed by atoms with Crippen molar-refractivity contribution >= 4 is 5.78 Å². The van der Waals surface area contributed by atoms with Crippen LogP contribution in [0.2, 0.25) is 0 Å². The van der Waals surface area contributed by atoms with Gasteiger partial charge in [-0.25, -0.2) is 0 Å². The highest BCUT2D eigenvalue weighted by Crippen LogP contribution is 2.29. The molecule has 2 aliphatic rings. The molecular weight excluding hydrogens is 212 g/mol. The predicted octanol–water partition coefficient (Wildman–Crippen LogP) is 3.73. The number of rotatable bonds is 4. The molecule has 0 aliphatic heterocycles.